The number of rotatable bonds is 5. The Bertz CT molecular complexity index is 706. The Kier molecular flexibility index (Phi) is 9.28. The molecule has 1 aromatic rings. The second kappa shape index (κ2) is 10.5. The maximum Gasteiger partial charge on any atom is 0.511 e. The zero-order chi connectivity index (χ0) is 19.2. The zero-order valence-corrected chi connectivity index (χ0v) is 18.0. The Balaban J connectivity index is 0.00000364. The highest BCUT2D eigenvalue weighted by Crippen LogP contribution is 2.28. The summed E-state index contributed by atoms with van der Waals surface area (Å²) in [5, 5.41) is 6.27. The van der Waals surface area contributed by atoms with Gasteiger partial charge >= 0.3 is 15.5 Å². The molecule has 0 saturated carbocycles. The van der Waals surface area contributed by atoms with Crippen molar-refractivity contribution in [3.63, 3.8) is 0 Å². The Morgan fingerprint density at radius 1 is 1.22 bits per heavy atom. The zero-order valence-electron chi connectivity index (χ0n) is 14.9. The summed E-state index contributed by atoms with van der Waals surface area (Å²) < 4.78 is 61.2. The summed E-state index contributed by atoms with van der Waals surface area (Å²) in [5.41, 5.74) is -4.21. The summed E-state index contributed by atoms with van der Waals surface area (Å²) in [6.45, 7) is 2.69. The standard InChI is InChI=1S/C16H23F3N4O2S.HI/c1-2-20-15(21-12-13-6-4-3-5-7-13)22-14-8-10-23(11-9-14)26(24,25)16(17,18)19;/h3-7,14H,2,8-12H2,1H3,(H2,20,21,22);1H. The van der Waals surface area contributed by atoms with Gasteiger partial charge in [0.15, 0.2) is 5.96 Å². The van der Waals surface area contributed by atoms with Gasteiger partial charge in [-0.25, -0.2) is 13.4 Å². The van der Waals surface area contributed by atoms with Crippen molar-refractivity contribution in [2.75, 3.05) is 19.6 Å². The summed E-state index contributed by atoms with van der Waals surface area (Å²) in [7, 11) is -5.25. The van der Waals surface area contributed by atoms with E-state index in [0.29, 0.717) is 23.4 Å². The van der Waals surface area contributed by atoms with Gasteiger partial charge in [0, 0.05) is 25.7 Å². The van der Waals surface area contributed by atoms with Gasteiger partial charge in [-0.15, -0.1) is 24.0 Å². The lowest BCUT2D eigenvalue weighted by Gasteiger charge is -2.32. The van der Waals surface area contributed by atoms with Gasteiger partial charge in [0.2, 0.25) is 0 Å². The minimum Gasteiger partial charge on any atom is -0.357 e. The van der Waals surface area contributed by atoms with Crippen LogP contribution in [0.15, 0.2) is 35.3 Å². The molecule has 1 heterocycles. The number of sulfonamides is 1. The first kappa shape index (κ1) is 24.0. The van der Waals surface area contributed by atoms with Crippen LogP contribution in [0, 0.1) is 0 Å². The molecule has 11 heteroatoms. The molecule has 0 atom stereocenters. The highest BCUT2D eigenvalue weighted by atomic mass is 127. The summed E-state index contributed by atoms with van der Waals surface area (Å²) in [4.78, 5) is 4.47. The van der Waals surface area contributed by atoms with Gasteiger partial charge < -0.3 is 10.6 Å². The average Bonchev–Trinajstić information content (AvgIpc) is 2.60. The topological polar surface area (TPSA) is 73.8 Å². The number of benzene rings is 1. The van der Waals surface area contributed by atoms with Gasteiger partial charge in [0.1, 0.15) is 0 Å². The number of piperidine rings is 1. The van der Waals surface area contributed by atoms with Gasteiger partial charge in [-0.2, -0.15) is 17.5 Å². The van der Waals surface area contributed by atoms with Crippen molar-refractivity contribution in [3.8, 4) is 0 Å². The fourth-order valence-electron chi connectivity index (χ4n) is 2.65. The van der Waals surface area contributed by atoms with Crippen LogP contribution in [-0.2, 0) is 16.6 Å². The van der Waals surface area contributed by atoms with Crippen molar-refractivity contribution in [1.82, 2.24) is 14.9 Å². The molecule has 2 rings (SSSR count). The van der Waals surface area contributed by atoms with Gasteiger partial charge in [0.05, 0.1) is 6.54 Å². The minimum absolute atomic E-state index is 0. The van der Waals surface area contributed by atoms with E-state index in [2.05, 4.69) is 15.6 Å². The predicted octanol–water partition coefficient (Wildman–Crippen LogP) is 2.67. The molecule has 0 aromatic heterocycles. The number of nitrogens with zero attached hydrogens (tertiary/aromatic N) is 2. The Morgan fingerprint density at radius 3 is 2.33 bits per heavy atom. The van der Waals surface area contributed by atoms with Crippen LogP contribution in [0.2, 0.25) is 0 Å². The number of guanidine groups is 1. The van der Waals surface area contributed by atoms with Gasteiger partial charge in [-0.3, -0.25) is 0 Å². The number of alkyl halides is 3. The Labute approximate surface area is 174 Å². The van der Waals surface area contributed by atoms with Gasteiger partial charge in [-0.1, -0.05) is 30.3 Å². The van der Waals surface area contributed by atoms with E-state index in [1.165, 1.54) is 0 Å². The van der Waals surface area contributed by atoms with Crippen molar-refractivity contribution in [2.45, 2.75) is 37.9 Å². The first-order valence-electron chi connectivity index (χ1n) is 8.39. The third kappa shape index (κ3) is 6.79. The van der Waals surface area contributed by atoms with Gasteiger partial charge in [0.25, 0.3) is 0 Å². The second-order valence-electron chi connectivity index (χ2n) is 5.95. The number of hydrogen-bond acceptors (Lipinski definition) is 3. The Morgan fingerprint density at radius 2 is 1.81 bits per heavy atom. The number of aliphatic imine (C=N–C) groups is 1. The molecule has 1 saturated heterocycles. The van der Waals surface area contributed by atoms with E-state index >= 15 is 0 Å². The van der Waals surface area contributed by atoms with Crippen molar-refractivity contribution in [1.29, 1.82) is 0 Å². The van der Waals surface area contributed by atoms with E-state index in [-0.39, 0.29) is 55.9 Å². The lowest BCUT2D eigenvalue weighted by atomic mass is 10.1. The first-order valence-corrected chi connectivity index (χ1v) is 9.83. The summed E-state index contributed by atoms with van der Waals surface area (Å²) in [6.07, 6.45) is 0.566. The highest BCUT2D eigenvalue weighted by molar-refractivity contribution is 14.0. The molecule has 0 unspecified atom stereocenters. The quantitative estimate of drug-likeness (QED) is 0.356. The van der Waals surface area contributed by atoms with Crippen LogP contribution >= 0.6 is 24.0 Å². The van der Waals surface area contributed by atoms with Crippen molar-refractivity contribution < 1.29 is 21.6 Å². The van der Waals surface area contributed by atoms with Crippen LogP contribution in [0.3, 0.4) is 0 Å². The number of hydrogen-bond donors (Lipinski definition) is 2. The van der Waals surface area contributed by atoms with E-state index in [0.717, 1.165) is 5.56 Å². The predicted molar refractivity (Wildman–Crippen MR) is 109 cm³/mol. The molecule has 0 radical (unpaired) electrons. The van der Waals surface area contributed by atoms with Crippen LogP contribution in [0.4, 0.5) is 13.2 Å². The summed E-state index contributed by atoms with van der Waals surface area (Å²) in [5.74, 6) is 0.563. The molecular formula is C16H24F3IN4O2S. The van der Waals surface area contributed by atoms with E-state index in [4.69, 9.17) is 0 Å². The van der Waals surface area contributed by atoms with Gasteiger partial charge in [-0.05, 0) is 25.3 Å². The molecule has 1 aliphatic rings. The second-order valence-corrected chi connectivity index (χ2v) is 7.88. The molecule has 6 nitrogen and oxygen atoms in total. The molecule has 0 aliphatic carbocycles. The number of halogens is 4. The van der Waals surface area contributed by atoms with Crippen molar-refractivity contribution in [3.05, 3.63) is 35.9 Å². The molecule has 27 heavy (non-hydrogen) atoms. The SMILES string of the molecule is CCNC(=NCc1ccccc1)NC1CCN(S(=O)(=O)C(F)(F)F)CC1.I. The monoisotopic (exact) mass is 520 g/mol. The molecular weight excluding hydrogens is 496 g/mol. The molecule has 0 amide bonds. The van der Waals surface area contributed by atoms with E-state index in [1.807, 2.05) is 37.3 Å². The lowest BCUT2D eigenvalue weighted by molar-refractivity contribution is -0.0494. The lowest BCUT2D eigenvalue weighted by Crippen LogP contribution is -2.51. The summed E-state index contributed by atoms with van der Waals surface area (Å²) >= 11 is 0. The maximum atomic E-state index is 12.6. The molecule has 0 bridgehead atoms. The molecule has 1 fully saturated rings. The average molecular weight is 520 g/mol. The fourth-order valence-corrected chi connectivity index (χ4v) is 3.64. The van der Waals surface area contributed by atoms with Crippen molar-refractivity contribution >= 4 is 40.0 Å². The normalized spacial score (nSPS) is 17.3. The van der Waals surface area contributed by atoms with Crippen LogP contribution < -0.4 is 10.6 Å². The first-order chi connectivity index (χ1) is 12.2. The van der Waals surface area contributed by atoms with Crippen LogP contribution in [0.5, 0.6) is 0 Å². The smallest absolute Gasteiger partial charge is 0.357 e. The Hall–Kier alpha value is -1.08. The van der Waals surface area contributed by atoms with Crippen LogP contribution in [0.1, 0.15) is 25.3 Å². The van der Waals surface area contributed by atoms with E-state index in [9.17, 15) is 21.6 Å². The van der Waals surface area contributed by atoms with E-state index < -0.39 is 15.5 Å². The van der Waals surface area contributed by atoms with E-state index in [1.54, 1.807) is 0 Å². The molecule has 0 spiro atoms. The molecule has 1 aliphatic heterocycles. The maximum absolute atomic E-state index is 12.6. The third-order valence-electron chi connectivity index (χ3n) is 4.03. The number of nitrogens with one attached hydrogen (secondary N) is 2. The third-order valence-corrected chi connectivity index (χ3v) is 5.66. The molecule has 2 N–H and O–H groups in total. The molecule has 1 aromatic carbocycles. The largest absolute Gasteiger partial charge is 0.511 e. The minimum atomic E-state index is -5.25. The summed E-state index contributed by atoms with van der Waals surface area (Å²) in [6, 6.07) is 9.52. The fraction of sp³-hybridized carbons (Fsp3) is 0.562. The van der Waals surface area contributed by atoms with Crippen LogP contribution in [-0.4, -0.2) is 49.9 Å². The molecule has 154 valence electrons. The highest BCUT2D eigenvalue weighted by Gasteiger charge is 2.50. The van der Waals surface area contributed by atoms with Crippen molar-refractivity contribution in [2.24, 2.45) is 4.99 Å². The van der Waals surface area contributed by atoms with Crippen LogP contribution in [0.25, 0.3) is 0 Å².